The molecule has 0 aromatic carbocycles. The monoisotopic (exact) mass is 340 g/mol. The summed E-state index contributed by atoms with van der Waals surface area (Å²) in [6, 6.07) is 0. The predicted molar refractivity (Wildman–Crippen MR) is 83.1 cm³/mol. The summed E-state index contributed by atoms with van der Waals surface area (Å²) in [6.07, 6.45) is 6.38. The van der Waals surface area contributed by atoms with Crippen LogP contribution in [0.2, 0.25) is 0 Å². The smallest absolute Gasteiger partial charge is 0.169 e. The molecule has 2 aliphatic heterocycles. The summed E-state index contributed by atoms with van der Waals surface area (Å²) < 4.78 is 25.1. The van der Waals surface area contributed by atoms with Crippen LogP contribution in [0, 0.1) is 0 Å². The molecule has 5 rings (SSSR count). The van der Waals surface area contributed by atoms with Gasteiger partial charge in [0.15, 0.2) is 11.6 Å². The lowest BCUT2D eigenvalue weighted by Gasteiger charge is -2.38. The second-order valence-electron chi connectivity index (χ2n) is 8.25. The van der Waals surface area contributed by atoms with Gasteiger partial charge < -0.3 is 29.2 Å². The molecule has 0 amide bonds. The standard InChI is InChI=1S/C18H28O6/c19-11-12(20)14-16(24-18(22-14)9-5-2-6-10-18)15-13(11)21-17(23-15)7-3-1-4-8-17/h11-16,19-20H,1-10H2/t11-,12+,13-,14-,15-,16-/m1/s1. The molecule has 0 aromatic heterocycles. The third kappa shape index (κ3) is 2.31. The van der Waals surface area contributed by atoms with Crippen molar-refractivity contribution in [3.05, 3.63) is 0 Å². The molecule has 6 heteroatoms. The minimum absolute atomic E-state index is 0.354. The number of ether oxygens (including phenoxy) is 4. The number of hydrogen-bond acceptors (Lipinski definition) is 6. The van der Waals surface area contributed by atoms with E-state index in [-0.39, 0.29) is 12.2 Å². The lowest BCUT2D eigenvalue weighted by Crippen LogP contribution is -2.61. The van der Waals surface area contributed by atoms with Crippen LogP contribution in [0.15, 0.2) is 0 Å². The van der Waals surface area contributed by atoms with Crippen molar-refractivity contribution in [1.29, 1.82) is 0 Å². The van der Waals surface area contributed by atoms with Gasteiger partial charge in [-0.2, -0.15) is 0 Å². The van der Waals surface area contributed by atoms with Crippen LogP contribution in [-0.2, 0) is 18.9 Å². The molecular formula is C18H28O6. The minimum Gasteiger partial charge on any atom is -0.387 e. The van der Waals surface area contributed by atoms with Gasteiger partial charge in [0.05, 0.1) is 0 Å². The molecule has 0 unspecified atom stereocenters. The summed E-state index contributed by atoms with van der Waals surface area (Å²) in [6.45, 7) is 0. The molecular weight excluding hydrogens is 312 g/mol. The van der Waals surface area contributed by atoms with Crippen molar-refractivity contribution in [2.24, 2.45) is 0 Å². The first kappa shape index (κ1) is 16.0. The van der Waals surface area contributed by atoms with E-state index >= 15 is 0 Å². The first-order valence-corrected chi connectivity index (χ1v) is 9.69. The van der Waals surface area contributed by atoms with Gasteiger partial charge in [0.25, 0.3) is 0 Å². The third-order valence-corrected chi connectivity index (χ3v) is 6.63. The molecule has 5 fully saturated rings. The van der Waals surface area contributed by atoms with E-state index in [2.05, 4.69) is 0 Å². The number of fused-ring (bicyclic) bond motifs is 3. The van der Waals surface area contributed by atoms with Crippen LogP contribution < -0.4 is 0 Å². The van der Waals surface area contributed by atoms with Crippen molar-refractivity contribution in [2.75, 3.05) is 0 Å². The van der Waals surface area contributed by atoms with Crippen LogP contribution in [0.1, 0.15) is 64.2 Å². The summed E-state index contributed by atoms with van der Waals surface area (Å²) in [4.78, 5) is 0. The van der Waals surface area contributed by atoms with E-state index < -0.39 is 36.0 Å². The van der Waals surface area contributed by atoms with Gasteiger partial charge in [-0.15, -0.1) is 0 Å². The zero-order chi connectivity index (χ0) is 16.4. The van der Waals surface area contributed by atoms with Crippen LogP contribution in [-0.4, -0.2) is 58.4 Å². The van der Waals surface area contributed by atoms with E-state index in [0.717, 1.165) is 51.4 Å². The molecule has 2 N–H and O–H groups in total. The predicted octanol–water partition coefficient (Wildman–Crippen LogP) is 1.61. The van der Waals surface area contributed by atoms with E-state index in [9.17, 15) is 10.2 Å². The number of hydrogen-bond donors (Lipinski definition) is 2. The third-order valence-electron chi connectivity index (χ3n) is 6.63. The SMILES string of the molecule is O[C@@H]1[C@H](O)[C@H]2OC3(CCCCC3)O[C@H]2[C@@H]2OC3(CCCCC3)O[C@H]12. The topological polar surface area (TPSA) is 77.4 Å². The second kappa shape index (κ2) is 5.63. The maximum Gasteiger partial charge on any atom is 0.169 e. The second-order valence-corrected chi connectivity index (χ2v) is 8.25. The molecule has 0 radical (unpaired) electrons. The maximum absolute atomic E-state index is 10.6. The first-order valence-electron chi connectivity index (χ1n) is 9.69. The zero-order valence-electron chi connectivity index (χ0n) is 14.1. The van der Waals surface area contributed by atoms with E-state index in [1.807, 2.05) is 0 Å². The van der Waals surface area contributed by atoms with Crippen LogP contribution in [0.3, 0.4) is 0 Å². The van der Waals surface area contributed by atoms with E-state index in [1.54, 1.807) is 0 Å². The highest BCUT2D eigenvalue weighted by Crippen LogP contribution is 2.51. The molecule has 6 nitrogen and oxygen atoms in total. The molecule has 2 heterocycles. The summed E-state index contributed by atoms with van der Waals surface area (Å²) >= 11 is 0. The first-order chi connectivity index (χ1) is 11.6. The Hall–Kier alpha value is -0.240. The average Bonchev–Trinajstić information content (AvgIpc) is 3.14. The van der Waals surface area contributed by atoms with Crippen LogP contribution in [0.25, 0.3) is 0 Å². The Labute approximate surface area is 142 Å². The Balaban J connectivity index is 1.42. The van der Waals surface area contributed by atoms with Gasteiger partial charge in [0.2, 0.25) is 0 Å². The van der Waals surface area contributed by atoms with Gasteiger partial charge in [-0.3, -0.25) is 0 Å². The maximum atomic E-state index is 10.6. The molecule has 136 valence electrons. The average molecular weight is 340 g/mol. The highest BCUT2D eigenvalue weighted by Gasteiger charge is 2.65. The highest BCUT2D eigenvalue weighted by atomic mass is 16.8. The molecule has 3 saturated carbocycles. The van der Waals surface area contributed by atoms with Crippen molar-refractivity contribution in [3.8, 4) is 0 Å². The molecule has 0 aromatic rings. The summed E-state index contributed by atoms with van der Waals surface area (Å²) in [5, 5.41) is 21.2. The largest absolute Gasteiger partial charge is 0.387 e. The fourth-order valence-electron chi connectivity index (χ4n) is 5.39. The Bertz CT molecular complexity index is 440. The van der Waals surface area contributed by atoms with Gasteiger partial charge in [-0.05, 0) is 25.7 Å². The lowest BCUT2D eigenvalue weighted by atomic mass is 9.85. The van der Waals surface area contributed by atoms with Crippen LogP contribution >= 0.6 is 0 Å². The number of aliphatic hydroxyl groups excluding tert-OH is 2. The van der Waals surface area contributed by atoms with Crippen molar-refractivity contribution in [1.82, 2.24) is 0 Å². The Morgan fingerprint density at radius 1 is 0.500 bits per heavy atom. The van der Waals surface area contributed by atoms with Crippen molar-refractivity contribution in [2.45, 2.75) is 112 Å². The Kier molecular flexibility index (Phi) is 3.75. The summed E-state index contributed by atoms with van der Waals surface area (Å²) in [5.41, 5.74) is 0. The van der Waals surface area contributed by atoms with Crippen LogP contribution in [0.4, 0.5) is 0 Å². The molecule has 2 spiro atoms. The normalized spacial score (nSPS) is 49.2. The highest BCUT2D eigenvalue weighted by molar-refractivity contribution is 5.09. The lowest BCUT2D eigenvalue weighted by molar-refractivity contribution is -0.224. The van der Waals surface area contributed by atoms with Gasteiger partial charge in [0, 0.05) is 25.7 Å². The van der Waals surface area contributed by atoms with Crippen molar-refractivity contribution in [3.63, 3.8) is 0 Å². The Morgan fingerprint density at radius 3 is 1.21 bits per heavy atom. The summed E-state index contributed by atoms with van der Waals surface area (Å²) in [7, 11) is 0. The van der Waals surface area contributed by atoms with Gasteiger partial charge in [-0.25, -0.2) is 0 Å². The van der Waals surface area contributed by atoms with E-state index in [1.165, 1.54) is 12.8 Å². The fraction of sp³-hybridized carbons (Fsp3) is 1.00. The molecule has 6 atom stereocenters. The number of aliphatic hydroxyl groups is 2. The molecule has 24 heavy (non-hydrogen) atoms. The molecule has 2 saturated heterocycles. The van der Waals surface area contributed by atoms with Crippen LogP contribution in [0.5, 0.6) is 0 Å². The fourth-order valence-corrected chi connectivity index (χ4v) is 5.39. The quantitative estimate of drug-likeness (QED) is 0.698. The zero-order valence-corrected chi connectivity index (χ0v) is 14.1. The Morgan fingerprint density at radius 2 is 0.833 bits per heavy atom. The van der Waals surface area contributed by atoms with Gasteiger partial charge in [0.1, 0.15) is 36.6 Å². The molecule has 3 aliphatic carbocycles. The molecule has 0 bridgehead atoms. The van der Waals surface area contributed by atoms with Gasteiger partial charge in [-0.1, -0.05) is 12.8 Å². The van der Waals surface area contributed by atoms with Crippen molar-refractivity contribution < 1.29 is 29.2 Å². The number of rotatable bonds is 0. The minimum atomic E-state index is -0.986. The molecule has 5 aliphatic rings. The van der Waals surface area contributed by atoms with E-state index in [0.29, 0.717) is 0 Å². The van der Waals surface area contributed by atoms with Gasteiger partial charge >= 0.3 is 0 Å². The summed E-state index contributed by atoms with van der Waals surface area (Å²) in [5.74, 6) is -1.20. The van der Waals surface area contributed by atoms with Crippen molar-refractivity contribution >= 4 is 0 Å². The van der Waals surface area contributed by atoms with E-state index in [4.69, 9.17) is 18.9 Å².